The van der Waals surface area contributed by atoms with Crippen molar-refractivity contribution in [2.24, 2.45) is 0 Å². The average molecular weight is 253 g/mol. The maximum absolute atomic E-state index is 10.4. The minimum atomic E-state index is -0.791. The lowest BCUT2D eigenvalue weighted by molar-refractivity contribution is -0.136. The van der Waals surface area contributed by atoms with Crippen LogP contribution in [0, 0.1) is 0 Å². The van der Waals surface area contributed by atoms with Crippen molar-refractivity contribution in [3.05, 3.63) is 11.9 Å². The van der Waals surface area contributed by atoms with Crippen molar-refractivity contribution >= 4 is 5.97 Å². The number of aromatic nitrogens is 3. The minimum Gasteiger partial charge on any atom is -0.481 e. The third kappa shape index (κ3) is 6.37. The van der Waals surface area contributed by atoms with E-state index in [4.69, 9.17) is 5.11 Å². The fourth-order valence-electron chi connectivity index (χ4n) is 1.85. The number of hydrogen-bond acceptors (Lipinski definition) is 3. The summed E-state index contributed by atoms with van der Waals surface area (Å²) < 4.78 is 1.82. The molecule has 0 saturated heterocycles. The van der Waals surface area contributed by atoms with Crippen LogP contribution in [0.4, 0.5) is 0 Å². The van der Waals surface area contributed by atoms with Gasteiger partial charge in [-0.1, -0.05) is 44.2 Å². The molecule has 18 heavy (non-hydrogen) atoms. The number of nitrogens with zero attached hydrogens (tertiary/aromatic N) is 3. The number of carboxylic acids is 1. The summed E-state index contributed by atoms with van der Waals surface area (Å²) >= 11 is 0. The monoisotopic (exact) mass is 253 g/mol. The number of carbonyl (C=O) groups is 1. The molecule has 0 amide bonds. The number of aliphatic carboxylic acids is 1. The van der Waals surface area contributed by atoms with Crippen LogP contribution in [0.15, 0.2) is 6.20 Å². The zero-order valence-corrected chi connectivity index (χ0v) is 11.1. The molecule has 0 spiro atoms. The van der Waals surface area contributed by atoms with Crippen molar-refractivity contribution in [3.8, 4) is 0 Å². The highest BCUT2D eigenvalue weighted by atomic mass is 16.4. The normalized spacial score (nSPS) is 10.7. The van der Waals surface area contributed by atoms with Gasteiger partial charge in [0.05, 0.1) is 12.1 Å². The van der Waals surface area contributed by atoms with Gasteiger partial charge in [-0.25, -0.2) is 0 Å². The molecule has 0 aliphatic carbocycles. The Morgan fingerprint density at radius 1 is 1.28 bits per heavy atom. The van der Waals surface area contributed by atoms with Crippen LogP contribution in [0.5, 0.6) is 0 Å². The van der Waals surface area contributed by atoms with Crippen LogP contribution in [0.1, 0.15) is 57.6 Å². The second kappa shape index (κ2) is 8.66. The predicted molar refractivity (Wildman–Crippen MR) is 69.4 cm³/mol. The van der Waals surface area contributed by atoms with Crippen molar-refractivity contribution < 1.29 is 9.90 Å². The molecule has 0 radical (unpaired) electrons. The van der Waals surface area contributed by atoms with E-state index in [1.165, 1.54) is 32.1 Å². The van der Waals surface area contributed by atoms with E-state index in [2.05, 4.69) is 17.2 Å². The Labute approximate surface area is 108 Å². The smallest absolute Gasteiger partial charge is 0.303 e. The largest absolute Gasteiger partial charge is 0.481 e. The van der Waals surface area contributed by atoms with Crippen LogP contribution in [-0.4, -0.2) is 26.1 Å². The Morgan fingerprint density at radius 2 is 2.00 bits per heavy atom. The molecule has 0 fully saturated rings. The van der Waals surface area contributed by atoms with Crippen LogP contribution in [-0.2, 0) is 17.8 Å². The van der Waals surface area contributed by atoms with Crippen molar-refractivity contribution in [3.63, 3.8) is 0 Å². The first-order valence-electron chi connectivity index (χ1n) is 6.83. The molecule has 1 rings (SSSR count). The van der Waals surface area contributed by atoms with Gasteiger partial charge in [0.2, 0.25) is 0 Å². The molecule has 0 saturated carbocycles. The summed E-state index contributed by atoms with van der Waals surface area (Å²) in [6.45, 7) is 3.10. The number of unbranched alkanes of at least 4 members (excludes halogenated alkanes) is 5. The summed E-state index contributed by atoms with van der Waals surface area (Å²) in [5.41, 5.74) is 0.767. The lowest BCUT2D eigenvalue weighted by Gasteiger charge is -2.00. The van der Waals surface area contributed by atoms with E-state index in [0.717, 1.165) is 18.7 Å². The van der Waals surface area contributed by atoms with Crippen LogP contribution in [0.3, 0.4) is 0 Å². The molecule has 0 aliphatic rings. The second-order valence-electron chi connectivity index (χ2n) is 4.63. The highest BCUT2D eigenvalue weighted by Crippen LogP contribution is 2.06. The Bertz CT molecular complexity index is 350. The van der Waals surface area contributed by atoms with Crippen LogP contribution >= 0.6 is 0 Å². The molecule has 1 heterocycles. The maximum Gasteiger partial charge on any atom is 0.303 e. The van der Waals surface area contributed by atoms with E-state index in [1.54, 1.807) is 0 Å². The van der Waals surface area contributed by atoms with Crippen molar-refractivity contribution in [2.75, 3.05) is 0 Å². The van der Waals surface area contributed by atoms with Crippen molar-refractivity contribution in [1.82, 2.24) is 15.0 Å². The molecule has 0 atom stereocenters. The van der Waals surface area contributed by atoms with Gasteiger partial charge in [-0.2, -0.15) is 0 Å². The number of carboxylic acid groups (broad SMARTS) is 1. The first-order chi connectivity index (χ1) is 8.72. The number of rotatable bonds is 10. The summed E-state index contributed by atoms with van der Waals surface area (Å²) in [7, 11) is 0. The van der Waals surface area contributed by atoms with E-state index < -0.39 is 5.97 Å². The highest BCUT2D eigenvalue weighted by Gasteiger charge is 2.03. The van der Waals surface area contributed by atoms with Crippen LogP contribution in [0.25, 0.3) is 0 Å². The third-order valence-electron chi connectivity index (χ3n) is 2.92. The van der Waals surface area contributed by atoms with Gasteiger partial charge in [-0.3, -0.25) is 9.48 Å². The predicted octanol–water partition coefficient (Wildman–Crippen LogP) is 2.66. The molecule has 1 N–H and O–H groups in total. The van der Waals surface area contributed by atoms with Crippen LogP contribution in [0.2, 0.25) is 0 Å². The van der Waals surface area contributed by atoms with Crippen LogP contribution < -0.4 is 0 Å². The molecule has 1 aromatic heterocycles. The fraction of sp³-hybridized carbons (Fsp3) is 0.769. The Balaban J connectivity index is 2.13. The summed E-state index contributed by atoms with van der Waals surface area (Å²) in [6.07, 6.45) is 9.98. The first-order valence-corrected chi connectivity index (χ1v) is 6.83. The Hall–Kier alpha value is -1.39. The molecule has 5 heteroatoms. The molecule has 0 bridgehead atoms. The summed E-state index contributed by atoms with van der Waals surface area (Å²) in [5.74, 6) is -0.791. The van der Waals surface area contributed by atoms with Gasteiger partial charge < -0.3 is 5.11 Å². The molecule has 102 valence electrons. The topological polar surface area (TPSA) is 68.0 Å². The molecule has 0 aliphatic heterocycles. The standard InChI is InChI=1S/C13H23N3O2/c1-2-3-4-5-6-7-10-16-11-12(14-15-16)8-9-13(17)18/h11H,2-10H2,1H3,(H,17,18). The van der Waals surface area contributed by atoms with Crippen molar-refractivity contribution in [1.29, 1.82) is 0 Å². The number of hydrogen-bond donors (Lipinski definition) is 1. The van der Waals surface area contributed by atoms with Gasteiger partial charge in [-0.15, -0.1) is 5.10 Å². The summed E-state index contributed by atoms with van der Waals surface area (Å²) in [4.78, 5) is 10.4. The minimum absolute atomic E-state index is 0.121. The van der Waals surface area contributed by atoms with E-state index in [1.807, 2.05) is 10.9 Å². The molecule has 0 aromatic carbocycles. The fourth-order valence-corrected chi connectivity index (χ4v) is 1.85. The van der Waals surface area contributed by atoms with E-state index >= 15 is 0 Å². The Morgan fingerprint density at radius 3 is 2.72 bits per heavy atom. The van der Waals surface area contributed by atoms with Gasteiger partial charge in [-0.05, 0) is 6.42 Å². The molecule has 1 aromatic rings. The van der Waals surface area contributed by atoms with Gasteiger partial charge in [0.25, 0.3) is 0 Å². The molecule has 0 unspecified atom stereocenters. The lowest BCUT2D eigenvalue weighted by Crippen LogP contribution is -1.99. The summed E-state index contributed by atoms with van der Waals surface area (Å²) in [5, 5.41) is 16.5. The Kier molecular flexibility index (Phi) is 7.06. The highest BCUT2D eigenvalue weighted by molar-refractivity contribution is 5.66. The first kappa shape index (κ1) is 14.7. The SMILES string of the molecule is CCCCCCCCn1cc(CCC(=O)O)nn1. The zero-order chi connectivity index (χ0) is 13.2. The van der Waals surface area contributed by atoms with E-state index in [-0.39, 0.29) is 6.42 Å². The third-order valence-corrected chi connectivity index (χ3v) is 2.92. The summed E-state index contributed by atoms with van der Waals surface area (Å²) in [6, 6.07) is 0. The van der Waals surface area contributed by atoms with Crippen molar-refractivity contribution in [2.45, 2.75) is 64.8 Å². The van der Waals surface area contributed by atoms with Gasteiger partial charge >= 0.3 is 5.97 Å². The quantitative estimate of drug-likeness (QED) is 0.651. The zero-order valence-electron chi connectivity index (χ0n) is 11.1. The van der Waals surface area contributed by atoms with E-state index in [0.29, 0.717) is 6.42 Å². The van der Waals surface area contributed by atoms with Gasteiger partial charge in [0.15, 0.2) is 0 Å². The molecular formula is C13H23N3O2. The second-order valence-corrected chi connectivity index (χ2v) is 4.63. The lowest BCUT2D eigenvalue weighted by atomic mass is 10.1. The van der Waals surface area contributed by atoms with Gasteiger partial charge in [0, 0.05) is 19.2 Å². The van der Waals surface area contributed by atoms with Gasteiger partial charge in [0.1, 0.15) is 0 Å². The molecule has 5 nitrogen and oxygen atoms in total. The van der Waals surface area contributed by atoms with E-state index in [9.17, 15) is 4.79 Å². The average Bonchev–Trinajstić information content (AvgIpc) is 2.79. The number of aryl methyl sites for hydroxylation is 2. The maximum atomic E-state index is 10.4. The molecular weight excluding hydrogens is 230 g/mol.